The monoisotopic (exact) mass is 414 g/mol. The number of alkyl carbamates (subject to hydrolysis) is 1. The van der Waals surface area contributed by atoms with Gasteiger partial charge >= 0.3 is 6.09 Å². The first-order valence-electron chi connectivity index (χ1n) is 10.2. The maximum atomic E-state index is 13.7. The van der Waals surface area contributed by atoms with E-state index >= 15 is 0 Å². The summed E-state index contributed by atoms with van der Waals surface area (Å²) in [6.45, 7) is 0.787. The third kappa shape index (κ3) is 4.60. The van der Waals surface area contributed by atoms with Crippen molar-refractivity contribution in [3.05, 3.63) is 94.8 Å². The van der Waals surface area contributed by atoms with Crippen molar-refractivity contribution in [1.82, 2.24) is 5.32 Å². The molecule has 0 bridgehead atoms. The lowest BCUT2D eigenvalue weighted by molar-refractivity contribution is 0.143. The van der Waals surface area contributed by atoms with Crippen LogP contribution in [0.25, 0.3) is 11.1 Å². The van der Waals surface area contributed by atoms with Crippen molar-refractivity contribution in [2.24, 2.45) is 5.73 Å². The summed E-state index contributed by atoms with van der Waals surface area (Å²) in [5.41, 5.74) is 11.2. The molecule has 0 spiro atoms. The molecule has 4 rings (SSSR count). The molecule has 0 saturated heterocycles. The predicted octanol–water partition coefficient (Wildman–Crippen LogP) is 4.56. The van der Waals surface area contributed by atoms with Crippen molar-refractivity contribution in [2.75, 3.05) is 13.2 Å². The average molecular weight is 414 g/mol. The maximum Gasteiger partial charge on any atom is 0.407 e. The van der Waals surface area contributed by atoms with Gasteiger partial charge in [0.2, 0.25) is 0 Å². The van der Waals surface area contributed by atoms with Crippen molar-refractivity contribution < 1.29 is 13.9 Å². The van der Waals surface area contributed by atoms with Crippen LogP contribution in [-0.4, -0.2) is 19.2 Å². The summed E-state index contributed by atoms with van der Waals surface area (Å²) in [4.78, 5) is 12.1. The highest BCUT2D eigenvalue weighted by molar-refractivity contribution is 5.79. The highest BCUT2D eigenvalue weighted by atomic mass is 19.1. The minimum Gasteiger partial charge on any atom is -0.449 e. The summed E-state index contributed by atoms with van der Waals surface area (Å²) >= 11 is 0. The molecule has 0 fully saturated rings. The topological polar surface area (TPSA) is 64.3 Å². The number of carbonyl (C=O) groups excluding carboxylic acids is 1. The van der Waals surface area contributed by atoms with Gasteiger partial charge in [-0.2, -0.15) is 0 Å². The van der Waals surface area contributed by atoms with E-state index in [0.717, 1.165) is 0 Å². The summed E-state index contributed by atoms with van der Waals surface area (Å²) in [6, 6.07) is 21.2. The Hall–Kier alpha value is -3.62. The number of hydrogen-bond acceptors (Lipinski definition) is 3. The Morgan fingerprint density at radius 1 is 1.03 bits per heavy atom. The summed E-state index contributed by atoms with van der Waals surface area (Å²) in [6.07, 6.45) is -0.0354. The van der Waals surface area contributed by atoms with Gasteiger partial charge < -0.3 is 15.8 Å². The van der Waals surface area contributed by atoms with Crippen LogP contribution >= 0.6 is 0 Å². The number of ether oxygens (including phenoxy) is 1. The van der Waals surface area contributed by atoms with Crippen LogP contribution < -0.4 is 11.1 Å². The van der Waals surface area contributed by atoms with E-state index in [-0.39, 0.29) is 24.9 Å². The molecule has 5 heteroatoms. The van der Waals surface area contributed by atoms with E-state index in [4.69, 9.17) is 10.5 Å². The molecular formula is C26H23FN2O2. The van der Waals surface area contributed by atoms with E-state index in [1.165, 1.54) is 28.3 Å². The minimum absolute atomic E-state index is 0.0318. The van der Waals surface area contributed by atoms with Gasteiger partial charge in [-0.3, -0.25) is 0 Å². The van der Waals surface area contributed by atoms with Gasteiger partial charge in [-0.15, -0.1) is 0 Å². The van der Waals surface area contributed by atoms with Gasteiger partial charge in [0.15, 0.2) is 0 Å². The van der Waals surface area contributed by atoms with Gasteiger partial charge in [-0.25, -0.2) is 9.18 Å². The Morgan fingerprint density at radius 2 is 1.71 bits per heavy atom. The zero-order valence-electron chi connectivity index (χ0n) is 17.0. The van der Waals surface area contributed by atoms with Crippen LogP contribution in [0.4, 0.5) is 9.18 Å². The Bertz CT molecular complexity index is 1120. The minimum atomic E-state index is -0.470. The molecule has 4 nitrogen and oxygen atoms in total. The second-order valence-electron chi connectivity index (χ2n) is 7.31. The van der Waals surface area contributed by atoms with Crippen molar-refractivity contribution in [3.8, 4) is 23.0 Å². The number of fused-ring (bicyclic) bond motifs is 3. The fourth-order valence-corrected chi connectivity index (χ4v) is 3.83. The zero-order valence-corrected chi connectivity index (χ0v) is 17.0. The van der Waals surface area contributed by atoms with Crippen molar-refractivity contribution >= 4 is 6.09 Å². The van der Waals surface area contributed by atoms with Crippen LogP contribution in [-0.2, 0) is 11.3 Å². The Labute approximate surface area is 181 Å². The van der Waals surface area contributed by atoms with Crippen LogP contribution in [0.1, 0.15) is 34.6 Å². The molecule has 0 aromatic heterocycles. The van der Waals surface area contributed by atoms with Crippen LogP contribution in [0.15, 0.2) is 66.7 Å². The molecule has 31 heavy (non-hydrogen) atoms. The average Bonchev–Trinajstić information content (AvgIpc) is 3.11. The summed E-state index contributed by atoms with van der Waals surface area (Å²) in [7, 11) is 0. The van der Waals surface area contributed by atoms with Crippen LogP contribution in [0.3, 0.4) is 0 Å². The number of carbonyl (C=O) groups is 1. The second kappa shape index (κ2) is 9.46. The van der Waals surface area contributed by atoms with Gasteiger partial charge in [0, 0.05) is 36.6 Å². The van der Waals surface area contributed by atoms with E-state index in [1.807, 2.05) is 24.3 Å². The van der Waals surface area contributed by atoms with Gasteiger partial charge in [0.1, 0.15) is 12.4 Å². The van der Waals surface area contributed by atoms with E-state index in [1.54, 1.807) is 12.1 Å². The van der Waals surface area contributed by atoms with E-state index in [2.05, 4.69) is 41.4 Å². The number of halogens is 1. The lowest BCUT2D eigenvalue weighted by atomic mass is 9.98. The highest BCUT2D eigenvalue weighted by Crippen LogP contribution is 2.44. The lowest BCUT2D eigenvalue weighted by Crippen LogP contribution is -2.26. The maximum absolute atomic E-state index is 13.7. The number of nitrogens with two attached hydrogens (primary N) is 1. The Morgan fingerprint density at radius 3 is 2.35 bits per heavy atom. The van der Waals surface area contributed by atoms with E-state index in [9.17, 15) is 9.18 Å². The molecule has 3 aromatic carbocycles. The Balaban J connectivity index is 1.28. The summed E-state index contributed by atoms with van der Waals surface area (Å²) in [5.74, 6) is 5.49. The van der Waals surface area contributed by atoms with Gasteiger partial charge in [-0.1, -0.05) is 66.4 Å². The molecule has 0 heterocycles. The van der Waals surface area contributed by atoms with Crippen LogP contribution in [0.5, 0.6) is 0 Å². The first-order chi connectivity index (χ1) is 15.2. The molecule has 1 amide bonds. The fourth-order valence-electron chi connectivity index (χ4n) is 3.83. The van der Waals surface area contributed by atoms with Gasteiger partial charge in [-0.05, 0) is 34.4 Å². The Kier molecular flexibility index (Phi) is 6.30. The highest BCUT2D eigenvalue weighted by Gasteiger charge is 2.28. The predicted molar refractivity (Wildman–Crippen MR) is 119 cm³/mol. The number of amides is 1. The smallest absolute Gasteiger partial charge is 0.407 e. The van der Waals surface area contributed by atoms with E-state index in [0.29, 0.717) is 24.1 Å². The lowest BCUT2D eigenvalue weighted by Gasteiger charge is -2.14. The number of hydrogen-bond donors (Lipinski definition) is 2. The fraction of sp³-hybridized carbons (Fsp3) is 0.192. The molecule has 3 aromatic rings. The molecule has 1 aliphatic rings. The first kappa shape index (κ1) is 20.6. The standard InChI is InChI=1S/C26H23FN2O2/c27-25-15-18(12-13-19(25)16-28)7-5-6-14-29-26(30)31-17-24-22-10-3-1-8-20(22)21-9-2-4-11-23(21)24/h1-4,8-13,15,24H,6,14,16-17,28H2,(H,29,30). The van der Waals surface area contributed by atoms with Gasteiger partial charge in [0.25, 0.3) is 0 Å². The van der Waals surface area contributed by atoms with Crippen LogP contribution in [0.2, 0.25) is 0 Å². The molecule has 0 unspecified atom stereocenters. The summed E-state index contributed by atoms with van der Waals surface area (Å²) in [5, 5.41) is 2.72. The molecule has 0 atom stereocenters. The van der Waals surface area contributed by atoms with Crippen molar-refractivity contribution in [1.29, 1.82) is 0 Å². The molecule has 1 aliphatic carbocycles. The molecule has 0 aliphatic heterocycles. The SMILES string of the molecule is NCc1ccc(C#CCCNC(=O)OCC2c3ccccc3-c3ccccc32)cc1F. The van der Waals surface area contributed by atoms with Crippen molar-refractivity contribution in [2.45, 2.75) is 18.9 Å². The third-order valence-electron chi connectivity index (χ3n) is 5.37. The molecular weight excluding hydrogens is 391 g/mol. The molecule has 3 N–H and O–H groups in total. The van der Waals surface area contributed by atoms with Crippen molar-refractivity contribution in [3.63, 3.8) is 0 Å². The zero-order chi connectivity index (χ0) is 21.6. The first-order valence-corrected chi connectivity index (χ1v) is 10.2. The number of rotatable bonds is 5. The number of benzene rings is 3. The van der Waals surface area contributed by atoms with E-state index < -0.39 is 6.09 Å². The molecule has 0 saturated carbocycles. The number of nitrogens with one attached hydrogen (secondary N) is 1. The summed E-state index contributed by atoms with van der Waals surface area (Å²) < 4.78 is 19.2. The largest absolute Gasteiger partial charge is 0.449 e. The second-order valence-corrected chi connectivity index (χ2v) is 7.31. The molecule has 0 radical (unpaired) electrons. The van der Waals surface area contributed by atoms with Gasteiger partial charge in [0.05, 0.1) is 0 Å². The normalized spacial score (nSPS) is 11.8. The molecule has 156 valence electrons. The third-order valence-corrected chi connectivity index (χ3v) is 5.37. The quantitative estimate of drug-likeness (QED) is 0.475. The van der Waals surface area contributed by atoms with Crippen LogP contribution in [0, 0.1) is 17.7 Å².